The number of amides is 1. The SMILES string of the molecule is Cc1ccc(NC(=O)/C=C/c2ccc3c(c2)OCO3)cc1-n1cnnn1. The normalized spacial score (nSPS) is 12.5. The minimum Gasteiger partial charge on any atom is -0.454 e. The monoisotopic (exact) mass is 349 g/mol. The Morgan fingerprint density at radius 1 is 1.19 bits per heavy atom. The highest BCUT2D eigenvalue weighted by molar-refractivity contribution is 6.02. The van der Waals surface area contributed by atoms with E-state index in [1.54, 1.807) is 10.8 Å². The van der Waals surface area contributed by atoms with Gasteiger partial charge in [-0.25, -0.2) is 4.68 Å². The van der Waals surface area contributed by atoms with Crippen LogP contribution in [0.1, 0.15) is 11.1 Å². The molecule has 0 spiro atoms. The molecule has 0 radical (unpaired) electrons. The number of rotatable bonds is 4. The average Bonchev–Trinajstić information content (AvgIpc) is 3.32. The van der Waals surface area contributed by atoms with Gasteiger partial charge in [-0.1, -0.05) is 12.1 Å². The predicted molar refractivity (Wildman–Crippen MR) is 94.1 cm³/mol. The summed E-state index contributed by atoms with van der Waals surface area (Å²) in [7, 11) is 0. The number of carbonyl (C=O) groups excluding carboxylic acids is 1. The van der Waals surface area contributed by atoms with Crippen LogP contribution in [0.15, 0.2) is 48.8 Å². The summed E-state index contributed by atoms with van der Waals surface area (Å²) in [6.45, 7) is 2.17. The average molecular weight is 349 g/mol. The molecule has 0 fully saturated rings. The minimum atomic E-state index is -0.241. The van der Waals surface area contributed by atoms with E-state index >= 15 is 0 Å². The van der Waals surface area contributed by atoms with Gasteiger partial charge in [0.15, 0.2) is 11.5 Å². The molecule has 0 saturated carbocycles. The van der Waals surface area contributed by atoms with E-state index in [0.29, 0.717) is 17.2 Å². The molecule has 1 amide bonds. The molecule has 0 aliphatic carbocycles. The zero-order chi connectivity index (χ0) is 17.9. The smallest absolute Gasteiger partial charge is 0.248 e. The van der Waals surface area contributed by atoms with E-state index in [4.69, 9.17) is 9.47 Å². The molecule has 2 heterocycles. The Bertz CT molecular complexity index is 982. The number of tetrazole rings is 1. The standard InChI is InChI=1S/C18H15N5O3/c1-12-2-5-14(9-15(12)23-10-19-21-22-23)20-18(24)7-4-13-3-6-16-17(8-13)26-11-25-16/h2-10H,11H2,1H3,(H,20,24)/b7-4+. The third kappa shape index (κ3) is 3.25. The first kappa shape index (κ1) is 15.8. The highest BCUT2D eigenvalue weighted by Crippen LogP contribution is 2.32. The van der Waals surface area contributed by atoms with Crippen molar-refractivity contribution in [1.29, 1.82) is 0 Å². The van der Waals surface area contributed by atoms with Crippen LogP contribution in [0.3, 0.4) is 0 Å². The summed E-state index contributed by atoms with van der Waals surface area (Å²) in [4.78, 5) is 12.2. The maximum absolute atomic E-state index is 12.2. The van der Waals surface area contributed by atoms with Crippen LogP contribution >= 0.6 is 0 Å². The Labute approximate surface area is 149 Å². The van der Waals surface area contributed by atoms with Crippen molar-refractivity contribution in [3.05, 3.63) is 59.9 Å². The molecule has 0 bridgehead atoms. The molecule has 0 unspecified atom stereocenters. The van der Waals surface area contributed by atoms with Gasteiger partial charge in [-0.15, -0.1) is 5.10 Å². The number of fused-ring (bicyclic) bond motifs is 1. The highest BCUT2D eigenvalue weighted by Gasteiger charge is 2.12. The number of nitrogens with zero attached hydrogens (tertiary/aromatic N) is 4. The summed E-state index contributed by atoms with van der Waals surface area (Å²) >= 11 is 0. The van der Waals surface area contributed by atoms with Crippen molar-refractivity contribution < 1.29 is 14.3 Å². The lowest BCUT2D eigenvalue weighted by molar-refractivity contribution is -0.111. The highest BCUT2D eigenvalue weighted by atomic mass is 16.7. The number of aromatic nitrogens is 4. The van der Waals surface area contributed by atoms with Crippen molar-refractivity contribution in [2.45, 2.75) is 6.92 Å². The van der Waals surface area contributed by atoms with Crippen LogP contribution in [0.5, 0.6) is 11.5 Å². The lowest BCUT2D eigenvalue weighted by atomic mass is 10.1. The lowest BCUT2D eigenvalue weighted by Crippen LogP contribution is -2.09. The molecular weight excluding hydrogens is 334 g/mol. The summed E-state index contributed by atoms with van der Waals surface area (Å²) in [5.41, 5.74) is 3.29. The number of benzene rings is 2. The van der Waals surface area contributed by atoms with Gasteiger partial charge in [-0.2, -0.15) is 0 Å². The molecule has 1 N–H and O–H groups in total. The molecule has 1 aliphatic heterocycles. The summed E-state index contributed by atoms with van der Waals surface area (Å²) in [6.07, 6.45) is 4.69. The van der Waals surface area contributed by atoms with Gasteiger partial charge in [-0.3, -0.25) is 4.79 Å². The number of hydrogen-bond acceptors (Lipinski definition) is 6. The van der Waals surface area contributed by atoms with Crippen molar-refractivity contribution in [2.75, 3.05) is 12.1 Å². The largest absolute Gasteiger partial charge is 0.454 e. The van der Waals surface area contributed by atoms with E-state index in [1.165, 1.54) is 12.4 Å². The van der Waals surface area contributed by atoms with E-state index < -0.39 is 0 Å². The molecule has 8 heteroatoms. The first-order valence-electron chi connectivity index (χ1n) is 7.92. The van der Waals surface area contributed by atoms with Gasteiger partial charge in [0.25, 0.3) is 0 Å². The molecule has 3 aromatic rings. The van der Waals surface area contributed by atoms with Gasteiger partial charge in [0, 0.05) is 11.8 Å². The molecule has 8 nitrogen and oxygen atoms in total. The van der Waals surface area contributed by atoms with Gasteiger partial charge in [-0.05, 0) is 58.8 Å². The number of ether oxygens (including phenoxy) is 2. The number of carbonyl (C=O) groups is 1. The molecular formula is C18H15N5O3. The van der Waals surface area contributed by atoms with Gasteiger partial charge < -0.3 is 14.8 Å². The summed E-state index contributed by atoms with van der Waals surface area (Å²) < 4.78 is 12.1. The fraction of sp³-hybridized carbons (Fsp3) is 0.111. The van der Waals surface area contributed by atoms with E-state index in [1.807, 2.05) is 43.3 Å². The summed E-state index contributed by atoms with van der Waals surface area (Å²) in [6, 6.07) is 11.0. The summed E-state index contributed by atoms with van der Waals surface area (Å²) in [5.74, 6) is 1.15. The predicted octanol–water partition coefficient (Wildman–Crippen LogP) is 2.35. The Kier molecular flexibility index (Phi) is 4.06. The third-order valence-electron chi connectivity index (χ3n) is 3.90. The van der Waals surface area contributed by atoms with Crippen LogP contribution in [0.4, 0.5) is 5.69 Å². The van der Waals surface area contributed by atoms with Crippen LogP contribution in [0.2, 0.25) is 0 Å². The first-order chi connectivity index (χ1) is 12.7. The van der Waals surface area contributed by atoms with Crippen molar-refractivity contribution in [1.82, 2.24) is 20.2 Å². The third-order valence-corrected chi connectivity index (χ3v) is 3.90. The first-order valence-corrected chi connectivity index (χ1v) is 7.92. The Morgan fingerprint density at radius 2 is 2.08 bits per heavy atom. The number of hydrogen-bond donors (Lipinski definition) is 1. The number of nitrogens with one attached hydrogen (secondary N) is 1. The van der Waals surface area contributed by atoms with E-state index in [2.05, 4.69) is 20.8 Å². The van der Waals surface area contributed by atoms with Crippen LogP contribution in [0, 0.1) is 6.92 Å². The number of anilines is 1. The molecule has 26 heavy (non-hydrogen) atoms. The van der Waals surface area contributed by atoms with Crippen LogP contribution in [0.25, 0.3) is 11.8 Å². The maximum Gasteiger partial charge on any atom is 0.248 e. The van der Waals surface area contributed by atoms with Crippen molar-refractivity contribution >= 4 is 17.7 Å². The molecule has 0 saturated heterocycles. The fourth-order valence-electron chi connectivity index (χ4n) is 2.58. The van der Waals surface area contributed by atoms with Crippen LogP contribution in [-0.2, 0) is 4.79 Å². The fourth-order valence-corrected chi connectivity index (χ4v) is 2.58. The Balaban J connectivity index is 1.47. The quantitative estimate of drug-likeness (QED) is 0.727. The van der Waals surface area contributed by atoms with Crippen molar-refractivity contribution in [2.24, 2.45) is 0 Å². The molecule has 1 aromatic heterocycles. The second kappa shape index (κ2) is 6.67. The molecule has 0 atom stereocenters. The second-order valence-electron chi connectivity index (χ2n) is 5.69. The van der Waals surface area contributed by atoms with Crippen molar-refractivity contribution in [3.63, 3.8) is 0 Å². The second-order valence-corrected chi connectivity index (χ2v) is 5.69. The Hall–Kier alpha value is -3.68. The van der Waals surface area contributed by atoms with Gasteiger partial charge >= 0.3 is 0 Å². The van der Waals surface area contributed by atoms with Gasteiger partial charge in [0.1, 0.15) is 6.33 Å². The van der Waals surface area contributed by atoms with E-state index in [0.717, 1.165) is 16.8 Å². The maximum atomic E-state index is 12.2. The van der Waals surface area contributed by atoms with E-state index in [9.17, 15) is 4.79 Å². The molecule has 1 aliphatic rings. The zero-order valence-corrected chi connectivity index (χ0v) is 13.9. The van der Waals surface area contributed by atoms with Crippen LogP contribution in [-0.4, -0.2) is 32.9 Å². The topological polar surface area (TPSA) is 91.2 Å². The zero-order valence-electron chi connectivity index (χ0n) is 13.9. The number of aryl methyl sites for hydroxylation is 1. The van der Waals surface area contributed by atoms with Crippen molar-refractivity contribution in [3.8, 4) is 17.2 Å². The minimum absolute atomic E-state index is 0.222. The molecule has 4 rings (SSSR count). The molecule has 2 aromatic carbocycles. The lowest BCUT2D eigenvalue weighted by Gasteiger charge is -2.08. The van der Waals surface area contributed by atoms with E-state index in [-0.39, 0.29) is 12.7 Å². The van der Waals surface area contributed by atoms with Crippen LogP contribution < -0.4 is 14.8 Å². The summed E-state index contributed by atoms with van der Waals surface area (Å²) in [5, 5.41) is 14.0. The molecule has 130 valence electrons. The van der Waals surface area contributed by atoms with Gasteiger partial charge in [0.05, 0.1) is 5.69 Å². The van der Waals surface area contributed by atoms with Gasteiger partial charge in [0.2, 0.25) is 12.7 Å². The Morgan fingerprint density at radius 3 is 2.92 bits per heavy atom.